The molecule has 2 fully saturated rings. The van der Waals surface area contributed by atoms with Crippen LogP contribution in [0.25, 0.3) is 0 Å². The van der Waals surface area contributed by atoms with Crippen LogP contribution in [-0.4, -0.2) is 51.9 Å². The molecular weight excluding hydrogens is 326 g/mol. The number of carbonyl (C=O) groups excluding carboxylic acids is 1. The zero-order valence-corrected chi connectivity index (χ0v) is 15.3. The van der Waals surface area contributed by atoms with E-state index in [9.17, 15) is 4.79 Å². The van der Waals surface area contributed by atoms with Crippen LogP contribution in [0.15, 0.2) is 30.9 Å². The summed E-state index contributed by atoms with van der Waals surface area (Å²) in [7, 11) is 0. The van der Waals surface area contributed by atoms with Crippen molar-refractivity contribution in [3.63, 3.8) is 0 Å². The third-order valence-electron chi connectivity index (χ3n) is 5.43. The van der Waals surface area contributed by atoms with E-state index in [0.717, 1.165) is 37.4 Å². The number of hydrogen-bond donors (Lipinski definition) is 0. The van der Waals surface area contributed by atoms with Gasteiger partial charge in [-0.25, -0.2) is 9.97 Å². The van der Waals surface area contributed by atoms with E-state index in [1.165, 1.54) is 25.0 Å². The summed E-state index contributed by atoms with van der Waals surface area (Å²) >= 11 is 0. The number of aromatic nitrogens is 3. The zero-order chi connectivity index (χ0) is 17.9. The highest BCUT2D eigenvalue weighted by atomic mass is 16.2. The lowest BCUT2D eigenvalue weighted by Gasteiger charge is -2.27. The number of hydrogen-bond acceptors (Lipinski definition) is 5. The van der Waals surface area contributed by atoms with Crippen LogP contribution < -0.4 is 4.90 Å². The highest BCUT2D eigenvalue weighted by Crippen LogP contribution is 2.35. The molecule has 136 valence electrons. The lowest BCUT2D eigenvalue weighted by Crippen LogP contribution is -2.35. The molecule has 0 atom stereocenters. The Morgan fingerprint density at radius 3 is 2.69 bits per heavy atom. The minimum atomic E-state index is 0.0703. The molecule has 2 aromatic rings. The second-order valence-corrected chi connectivity index (χ2v) is 7.31. The van der Waals surface area contributed by atoms with Gasteiger partial charge in [-0.05, 0) is 37.8 Å². The summed E-state index contributed by atoms with van der Waals surface area (Å²) in [6.45, 7) is 5.14. The minimum Gasteiger partial charge on any atom is -0.355 e. The first-order valence-electron chi connectivity index (χ1n) is 9.48. The summed E-state index contributed by atoms with van der Waals surface area (Å²) in [6, 6.07) is 4.05. The Balaban J connectivity index is 1.44. The first-order valence-corrected chi connectivity index (χ1v) is 9.48. The van der Waals surface area contributed by atoms with Gasteiger partial charge < -0.3 is 9.80 Å². The number of aryl methyl sites for hydroxylation is 1. The van der Waals surface area contributed by atoms with Crippen molar-refractivity contribution in [3.05, 3.63) is 47.7 Å². The van der Waals surface area contributed by atoms with E-state index in [-0.39, 0.29) is 5.91 Å². The summed E-state index contributed by atoms with van der Waals surface area (Å²) < 4.78 is 0. The van der Waals surface area contributed by atoms with Gasteiger partial charge in [0.1, 0.15) is 12.1 Å². The Morgan fingerprint density at radius 2 is 1.92 bits per heavy atom. The third-order valence-corrected chi connectivity index (χ3v) is 5.43. The number of carbonyl (C=O) groups is 1. The molecule has 6 heteroatoms. The largest absolute Gasteiger partial charge is 0.355 e. The molecule has 4 rings (SSSR count). The molecule has 0 aromatic carbocycles. The monoisotopic (exact) mass is 351 g/mol. The van der Waals surface area contributed by atoms with Crippen LogP contribution in [0.3, 0.4) is 0 Å². The Hall–Kier alpha value is -2.50. The Morgan fingerprint density at radius 1 is 1.04 bits per heavy atom. The van der Waals surface area contributed by atoms with Crippen LogP contribution in [-0.2, 0) is 0 Å². The number of pyridine rings is 1. The quantitative estimate of drug-likeness (QED) is 0.851. The molecule has 1 amide bonds. The SMILES string of the molecule is Cc1cncc(C(=O)N2CCCN(c3cc(C4CCC4)ncn3)CC2)c1. The predicted octanol–water partition coefficient (Wildman–Crippen LogP) is 2.80. The van der Waals surface area contributed by atoms with Crippen molar-refractivity contribution < 1.29 is 4.79 Å². The molecule has 0 radical (unpaired) electrons. The molecule has 0 N–H and O–H groups in total. The van der Waals surface area contributed by atoms with Gasteiger partial charge in [0, 0.05) is 56.3 Å². The summed E-state index contributed by atoms with van der Waals surface area (Å²) in [5.74, 6) is 1.67. The van der Waals surface area contributed by atoms with Gasteiger partial charge in [0.25, 0.3) is 5.91 Å². The Kier molecular flexibility index (Phi) is 4.82. The van der Waals surface area contributed by atoms with Gasteiger partial charge in [0.15, 0.2) is 0 Å². The molecule has 0 spiro atoms. The van der Waals surface area contributed by atoms with Gasteiger partial charge in [0.05, 0.1) is 5.56 Å². The van der Waals surface area contributed by atoms with Crippen LogP contribution in [0.4, 0.5) is 5.82 Å². The van der Waals surface area contributed by atoms with E-state index in [4.69, 9.17) is 0 Å². The molecule has 3 heterocycles. The third kappa shape index (κ3) is 3.54. The van der Waals surface area contributed by atoms with Crippen molar-refractivity contribution in [2.45, 2.75) is 38.5 Å². The lowest BCUT2D eigenvalue weighted by molar-refractivity contribution is 0.0766. The number of rotatable bonds is 3. The van der Waals surface area contributed by atoms with Gasteiger partial charge >= 0.3 is 0 Å². The van der Waals surface area contributed by atoms with E-state index in [1.807, 2.05) is 17.9 Å². The fraction of sp³-hybridized carbons (Fsp3) is 0.500. The van der Waals surface area contributed by atoms with Gasteiger partial charge in [0.2, 0.25) is 0 Å². The maximum atomic E-state index is 12.8. The fourth-order valence-electron chi connectivity index (χ4n) is 3.67. The molecular formula is C20H25N5O. The average Bonchev–Trinajstić information content (AvgIpc) is 2.86. The maximum Gasteiger partial charge on any atom is 0.255 e. The number of anilines is 1. The molecule has 26 heavy (non-hydrogen) atoms. The van der Waals surface area contributed by atoms with Crippen LogP contribution >= 0.6 is 0 Å². The number of nitrogens with zero attached hydrogens (tertiary/aromatic N) is 5. The van der Waals surface area contributed by atoms with E-state index < -0.39 is 0 Å². The Labute approximate surface area is 154 Å². The predicted molar refractivity (Wildman–Crippen MR) is 100 cm³/mol. The first kappa shape index (κ1) is 16.9. The van der Waals surface area contributed by atoms with Crippen LogP contribution in [0.5, 0.6) is 0 Å². The van der Waals surface area contributed by atoms with Gasteiger partial charge in [-0.3, -0.25) is 9.78 Å². The molecule has 2 aromatic heterocycles. The smallest absolute Gasteiger partial charge is 0.255 e. The van der Waals surface area contributed by atoms with Crippen LogP contribution in [0.1, 0.15) is 53.2 Å². The van der Waals surface area contributed by atoms with Crippen LogP contribution in [0, 0.1) is 6.92 Å². The van der Waals surface area contributed by atoms with E-state index in [2.05, 4.69) is 25.9 Å². The molecule has 2 aliphatic rings. The second kappa shape index (κ2) is 7.40. The summed E-state index contributed by atoms with van der Waals surface area (Å²) in [6.07, 6.45) is 9.84. The van der Waals surface area contributed by atoms with Crippen molar-refractivity contribution >= 4 is 11.7 Å². The molecule has 1 saturated heterocycles. The minimum absolute atomic E-state index is 0.0703. The van der Waals surface area contributed by atoms with E-state index >= 15 is 0 Å². The van der Waals surface area contributed by atoms with Gasteiger partial charge in [-0.1, -0.05) is 6.42 Å². The highest BCUT2D eigenvalue weighted by Gasteiger charge is 2.24. The van der Waals surface area contributed by atoms with Crippen molar-refractivity contribution in [3.8, 4) is 0 Å². The van der Waals surface area contributed by atoms with E-state index in [1.54, 1.807) is 18.7 Å². The fourth-order valence-corrected chi connectivity index (χ4v) is 3.67. The highest BCUT2D eigenvalue weighted by molar-refractivity contribution is 5.94. The molecule has 1 aliphatic heterocycles. The molecule has 0 bridgehead atoms. The van der Waals surface area contributed by atoms with Crippen molar-refractivity contribution in [2.75, 3.05) is 31.1 Å². The first-order chi connectivity index (χ1) is 12.7. The lowest BCUT2D eigenvalue weighted by atomic mass is 9.83. The maximum absolute atomic E-state index is 12.8. The zero-order valence-electron chi connectivity index (χ0n) is 15.3. The Bertz CT molecular complexity index is 789. The topological polar surface area (TPSA) is 62.2 Å². The normalized spacial score (nSPS) is 18.3. The van der Waals surface area contributed by atoms with Crippen molar-refractivity contribution in [1.82, 2.24) is 19.9 Å². The molecule has 0 unspecified atom stereocenters. The number of amides is 1. The van der Waals surface area contributed by atoms with E-state index in [0.29, 0.717) is 18.0 Å². The van der Waals surface area contributed by atoms with Crippen molar-refractivity contribution in [1.29, 1.82) is 0 Å². The van der Waals surface area contributed by atoms with Crippen molar-refractivity contribution in [2.24, 2.45) is 0 Å². The summed E-state index contributed by atoms with van der Waals surface area (Å²) in [5, 5.41) is 0. The van der Waals surface area contributed by atoms with Gasteiger partial charge in [-0.2, -0.15) is 0 Å². The standard InChI is InChI=1S/C20H25N5O/c1-15-10-17(13-21-12-15)20(26)25-7-3-6-24(8-9-25)19-11-18(22-14-23-19)16-4-2-5-16/h10-14,16H,2-9H2,1H3. The molecule has 1 aliphatic carbocycles. The van der Waals surface area contributed by atoms with Crippen LogP contribution in [0.2, 0.25) is 0 Å². The summed E-state index contributed by atoms with van der Waals surface area (Å²) in [4.78, 5) is 30.1. The second-order valence-electron chi connectivity index (χ2n) is 7.31. The molecule has 1 saturated carbocycles. The average molecular weight is 351 g/mol. The van der Waals surface area contributed by atoms with Gasteiger partial charge in [-0.15, -0.1) is 0 Å². The summed E-state index contributed by atoms with van der Waals surface area (Å²) in [5.41, 5.74) is 2.86. The molecule has 6 nitrogen and oxygen atoms in total.